The minimum absolute atomic E-state index is 0.0474. The first-order valence-electron chi connectivity index (χ1n) is 8.00. The van der Waals surface area contributed by atoms with E-state index in [0.29, 0.717) is 6.42 Å². The van der Waals surface area contributed by atoms with E-state index in [1.54, 1.807) is 6.92 Å². The number of rotatable bonds is 2. The number of esters is 2. The average molecular weight is 310 g/mol. The molecule has 0 aromatic heterocycles. The Morgan fingerprint density at radius 3 is 2.64 bits per heavy atom. The van der Waals surface area contributed by atoms with Crippen LogP contribution in [0.2, 0.25) is 0 Å². The third kappa shape index (κ3) is 2.38. The van der Waals surface area contributed by atoms with Gasteiger partial charge >= 0.3 is 17.9 Å². The summed E-state index contributed by atoms with van der Waals surface area (Å²) in [7, 11) is 0. The Morgan fingerprint density at radius 2 is 2.00 bits per heavy atom. The van der Waals surface area contributed by atoms with Crippen LogP contribution in [0, 0.1) is 29.6 Å². The molecular formula is C16H22O6. The van der Waals surface area contributed by atoms with Crippen LogP contribution in [0.4, 0.5) is 0 Å². The molecule has 0 aromatic rings. The van der Waals surface area contributed by atoms with Crippen molar-refractivity contribution in [1.82, 2.24) is 0 Å². The fraction of sp³-hybridized carbons (Fsp3) is 0.812. The normalized spacial score (nSPS) is 43.7. The number of carbonyl (C=O) groups is 3. The molecule has 0 bridgehead atoms. The van der Waals surface area contributed by atoms with Crippen molar-refractivity contribution < 1.29 is 29.0 Å². The van der Waals surface area contributed by atoms with Gasteiger partial charge in [0.25, 0.3) is 0 Å². The standard InChI is InChI=1S/C16H22O6/c1-7-13-11(16(20)21-7)6-10-9(14(13)15(18)19)4-3-5-12(10)22-8(2)17/h7,9-14H,3-6H2,1-2H3,(H,18,19)/t7-,9?,10?,11?,12?,13?,14?/m1/s1. The van der Waals surface area contributed by atoms with E-state index in [1.807, 2.05) is 0 Å². The number of carboxylic acid groups (broad SMARTS) is 1. The number of carboxylic acids is 1. The van der Waals surface area contributed by atoms with Crippen LogP contribution >= 0.6 is 0 Å². The van der Waals surface area contributed by atoms with Crippen molar-refractivity contribution in [3.8, 4) is 0 Å². The van der Waals surface area contributed by atoms with E-state index in [2.05, 4.69) is 0 Å². The summed E-state index contributed by atoms with van der Waals surface area (Å²) in [4.78, 5) is 35.2. The summed E-state index contributed by atoms with van der Waals surface area (Å²) in [5, 5.41) is 9.72. The highest BCUT2D eigenvalue weighted by Gasteiger charge is 2.59. The number of carbonyl (C=O) groups excluding carboxylic acids is 2. The lowest BCUT2D eigenvalue weighted by Crippen LogP contribution is -2.51. The monoisotopic (exact) mass is 310 g/mol. The smallest absolute Gasteiger partial charge is 0.309 e. The Labute approximate surface area is 129 Å². The van der Waals surface area contributed by atoms with Gasteiger partial charge in [0.2, 0.25) is 0 Å². The molecule has 0 spiro atoms. The van der Waals surface area contributed by atoms with Crippen LogP contribution in [-0.2, 0) is 23.9 Å². The summed E-state index contributed by atoms with van der Waals surface area (Å²) < 4.78 is 10.7. The van der Waals surface area contributed by atoms with Gasteiger partial charge in [0.15, 0.2) is 0 Å². The lowest BCUT2D eigenvalue weighted by Gasteiger charge is -2.47. The molecule has 122 valence electrons. The highest BCUT2D eigenvalue weighted by molar-refractivity contribution is 5.79. The van der Waals surface area contributed by atoms with E-state index in [0.717, 1.165) is 19.3 Å². The number of ether oxygens (including phenoxy) is 2. The molecule has 0 amide bonds. The molecule has 0 radical (unpaired) electrons. The largest absolute Gasteiger partial charge is 0.481 e. The van der Waals surface area contributed by atoms with E-state index < -0.39 is 11.9 Å². The highest BCUT2D eigenvalue weighted by Crippen LogP contribution is 2.53. The molecule has 22 heavy (non-hydrogen) atoms. The molecule has 2 aliphatic carbocycles. The summed E-state index contributed by atoms with van der Waals surface area (Å²) in [6.45, 7) is 3.15. The maximum Gasteiger partial charge on any atom is 0.309 e. The molecule has 3 fully saturated rings. The second-order valence-corrected chi connectivity index (χ2v) is 6.83. The zero-order valence-electron chi connectivity index (χ0n) is 12.9. The molecule has 6 unspecified atom stereocenters. The van der Waals surface area contributed by atoms with E-state index in [9.17, 15) is 19.5 Å². The predicted molar refractivity (Wildman–Crippen MR) is 74.7 cm³/mol. The van der Waals surface area contributed by atoms with E-state index >= 15 is 0 Å². The van der Waals surface area contributed by atoms with Gasteiger partial charge in [-0.3, -0.25) is 14.4 Å². The third-order valence-corrected chi connectivity index (χ3v) is 5.67. The first-order chi connectivity index (χ1) is 10.4. The Balaban J connectivity index is 1.92. The molecule has 3 aliphatic rings. The summed E-state index contributed by atoms with van der Waals surface area (Å²) in [6.07, 6.45) is 2.35. The molecule has 1 aliphatic heterocycles. The second-order valence-electron chi connectivity index (χ2n) is 6.83. The first-order valence-corrected chi connectivity index (χ1v) is 8.00. The van der Waals surface area contributed by atoms with Gasteiger partial charge in [-0.15, -0.1) is 0 Å². The molecule has 6 heteroatoms. The number of aliphatic carboxylic acids is 1. The minimum Gasteiger partial charge on any atom is -0.481 e. The van der Waals surface area contributed by atoms with Crippen molar-refractivity contribution in [2.75, 3.05) is 0 Å². The third-order valence-electron chi connectivity index (χ3n) is 5.67. The van der Waals surface area contributed by atoms with Crippen molar-refractivity contribution in [3.63, 3.8) is 0 Å². The molecule has 0 aromatic carbocycles. The Morgan fingerprint density at radius 1 is 1.27 bits per heavy atom. The van der Waals surface area contributed by atoms with Gasteiger partial charge in [-0.2, -0.15) is 0 Å². The van der Waals surface area contributed by atoms with Gasteiger partial charge in [0.05, 0.1) is 11.8 Å². The van der Waals surface area contributed by atoms with Crippen LogP contribution < -0.4 is 0 Å². The van der Waals surface area contributed by atoms with Crippen LogP contribution in [0.15, 0.2) is 0 Å². The molecule has 2 saturated carbocycles. The second kappa shape index (κ2) is 5.56. The summed E-state index contributed by atoms with van der Waals surface area (Å²) in [5.41, 5.74) is 0. The van der Waals surface area contributed by atoms with Gasteiger partial charge in [0.1, 0.15) is 12.2 Å². The fourth-order valence-electron chi connectivity index (χ4n) is 4.95. The highest BCUT2D eigenvalue weighted by atomic mass is 16.6. The maximum atomic E-state index is 12.1. The lowest BCUT2D eigenvalue weighted by molar-refractivity contribution is -0.165. The Kier molecular flexibility index (Phi) is 3.87. The van der Waals surface area contributed by atoms with Crippen LogP contribution in [0.1, 0.15) is 39.5 Å². The molecule has 1 N–H and O–H groups in total. The quantitative estimate of drug-likeness (QED) is 0.779. The maximum absolute atomic E-state index is 12.1. The van der Waals surface area contributed by atoms with Crippen molar-refractivity contribution in [2.24, 2.45) is 29.6 Å². The van der Waals surface area contributed by atoms with Gasteiger partial charge in [-0.1, -0.05) is 0 Å². The Hall–Kier alpha value is -1.59. The van der Waals surface area contributed by atoms with Gasteiger partial charge in [-0.25, -0.2) is 0 Å². The number of hydrogen-bond donors (Lipinski definition) is 1. The fourth-order valence-corrected chi connectivity index (χ4v) is 4.95. The summed E-state index contributed by atoms with van der Waals surface area (Å²) in [6, 6.07) is 0. The summed E-state index contributed by atoms with van der Waals surface area (Å²) in [5.74, 6) is -2.85. The summed E-state index contributed by atoms with van der Waals surface area (Å²) >= 11 is 0. The van der Waals surface area contributed by atoms with Gasteiger partial charge in [-0.05, 0) is 38.5 Å². The van der Waals surface area contributed by atoms with Crippen molar-refractivity contribution in [2.45, 2.75) is 51.7 Å². The van der Waals surface area contributed by atoms with Crippen LogP contribution in [0.3, 0.4) is 0 Å². The van der Waals surface area contributed by atoms with Gasteiger partial charge in [0, 0.05) is 18.8 Å². The van der Waals surface area contributed by atoms with E-state index in [1.165, 1.54) is 6.92 Å². The van der Waals surface area contributed by atoms with Crippen molar-refractivity contribution in [3.05, 3.63) is 0 Å². The molecule has 3 rings (SSSR count). The van der Waals surface area contributed by atoms with Crippen molar-refractivity contribution >= 4 is 17.9 Å². The first kappa shape index (κ1) is 15.3. The van der Waals surface area contributed by atoms with Crippen LogP contribution in [0.25, 0.3) is 0 Å². The molecular weight excluding hydrogens is 288 g/mol. The van der Waals surface area contributed by atoms with E-state index in [-0.39, 0.29) is 47.8 Å². The molecule has 1 saturated heterocycles. The average Bonchev–Trinajstić information content (AvgIpc) is 2.71. The molecule has 1 heterocycles. The van der Waals surface area contributed by atoms with Crippen LogP contribution in [0.5, 0.6) is 0 Å². The zero-order chi connectivity index (χ0) is 16.0. The predicted octanol–water partition coefficient (Wildman–Crippen LogP) is 1.62. The molecule has 6 nitrogen and oxygen atoms in total. The SMILES string of the molecule is CC(=O)OC1CCCC2C1CC1C(=O)O[C@H](C)C1C2C(=O)O. The van der Waals surface area contributed by atoms with Gasteiger partial charge < -0.3 is 14.6 Å². The van der Waals surface area contributed by atoms with Crippen molar-refractivity contribution in [1.29, 1.82) is 0 Å². The number of hydrogen-bond acceptors (Lipinski definition) is 5. The van der Waals surface area contributed by atoms with Crippen LogP contribution in [-0.4, -0.2) is 35.2 Å². The van der Waals surface area contributed by atoms with E-state index in [4.69, 9.17) is 9.47 Å². The minimum atomic E-state index is -0.863. The topological polar surface area (TPSA) is 89.9 Å². The number of fused-ring (bicyclic) bond motifs is 2. The zero-order valence-corrected chi connectivity index (χ0v) is 12.9. The lowest BCUT2D eigenvalue weighted by atomic mass is 9.56. The number of cyclic esters (lactones) is 1. The molecule has 7 atom stereocenters. The Bertz CT molecular complexity index is 501.